The summed E-state index contributed by atoms with van der Waals surface area (Å²) in [5.41, 5.74) is 0. The van der Waals surface area contributed by atoms with E-state index in [-0.39, 0.29) is 25.1 Å². The summed E-state index contributed by atoms with van der Waals surface area (Å²) >= 11 is 0. The average Bonchev–Trinajstić information content (AvgIpc) is 2.51. The number of carboxylic acids is 1. The third-order valence-electron chi connectivity index (χ3n) is 2.31. The molecule has 88 valence electrons. The van der Waals surface area contributed by atoms with E-state index in [4.69, 9.17) is 5.11 Å². The van der Waals surface area contributed by atoms with E-state index in [1.807, 2.05) is 0 Å². The van der Waals surface area contributed by atoms with Gasteiger partial charge in [0.1, 0.15) is 0 Å². The van der Waals surface area contributed by atoms with Crippen molar-refractivity contribution in [1.82, 2.24) is 4.31 Å². The fourth-order valence-corrected chi connectivity index (χ4v) is 3.05. The highest BCUT2D eigenvalue weighted by Gasteiger charge is 2.29. The predicted molar refractivity (Wildman–Crippen MR) is 52.9 cm³/mol. The molecular weight excluding hydrogens is 222 g/mol. The molecule has 1 atom stereocenters. The molecule has 0 aromatic carbocycles. The summed E-state index contributed by atoms with van der Waals surface area (Å²) < 4.78 is 24.4. The molecule has 1 aliphatic rings. The molecule has 0 saturated carbocycles. The fourth-order valence-electron chi connectivity index (χ4n) is 1.50. The van der Waals surface area contributed by atoms with Crippen LogP contribution in [0.4, 0.5) is 0 Å². The Labute approximate surface area is 88.6 Å². The Kier molecular flexibility index (Phi) is 4.06. The molecule has 0 unspecified atom stereocenters. The Morgan fingerprint density at radius 2 is 2.13 bits per heavy atom. The second kappa shape index (κ2) is 4.91. The van der Waals surface area contributed by atoms with Crippen LogP contribution in [-0.4, -0.2) is 53.9 Å². The summed E-state index contributed by atoms with van der Waals surface area (Å²) in [5.74, 6) is -1.15. The minimum atomic E-state index is -3.38. The lowest BCUT2D eigenvalue weighted by Gasteiger charge is -2.14. The van der Waals surface area contributed by atoms with Crippen molar-refractivity contribution in [2.24, 2.45) is 0 Å². The Bertz CT molecular complexity index is 326. The van der Waals surface area contributed by atoms with Crippen molar-refractivity contribution in [3.05, 3.63) is 0 Å². The van der Waals surface area contributed by atoms with Gasteiger partial charge in [-0.25, -0.2) is 8.42 Å². The van der Waals surface area contributed by atoms with Gasteiger partial charge in [-0.1, -0.05) is 0 Å². The number of aliphatic carboxylic acids is 1. The van der Waals surface area contributed by atoms with Crippen molar-refractivity contribution in [2.75, 3.05) is 18.8 Å². The maximum absolute atomic E-state index is 11.6. The van der Waals surface area contributed by atoms with Crippen LogP contribution in [-0.2, 0) is 14.8 Å². The number of rotatable bonds is 5. The normalized spacial score (nSPS) is 23.1. The van der Waals surface area contributed by atoms with Gasteiger partial charge in [-0.3, -0.25) is 4.79 Å². The van der Waals surface area contributed by atoms with Crippen LogP contribution < -0.4 is 0 Å². The number of aliphatic hydroxyl groups is 1. The summed E-state index contributed by atoms with van der Waals surface area (Å²) in [6.07, 6.45) is -0.155. The van der Waals surface area contributed by atoms with Gasteiger partial charge in [0.25, 0.3) is 0 Å². The first kappa shape index (κ1) is 12.4. The molecule has 0 bridgehead atoms. The number of hydrogen-bond acceptors (Lipinski definition) is 4. The zero-order valence-corrected chi connectivity index (χ0v) is 9.11. The second-order valence-electron chi connectivity index (χ2n) is 3.61. The molecule has 0 aliphatic carbocycles. The summed E-state index contributed by atoms with van der Waals surface area (Å²) in [6.45, 7) is 0.464. The van der Waals surface area contributed by atoms with Crippen LogP contribution in [0.2, 0.25) is 0 Å². The van der Waals surface area contributed by atoms with E-state index >= 15 is 0 Å². The quantitative estimate of drug-likeness (QED) is 0.656. The summed E-state index contributed by atoms with van der Waals surface area (Å²) in [5, 5.41) is 17.5. The fraction of sp³-hybridized carbons (Fsp3) is 0.875. The third kappa shape index (κ3) is 3.77. The van der Waals surface area contributed by atoms with E-state index in [9.17, 15) is 18.3 Å². The molecule has 6 nitrogen and oxygen atoms in total. The third-order valence-corrected chi connectivity index (χ3v) is 4.24. The summed E-state index contributed by atoms with van der Waals surface area (Å²) in [4.78, 5) is 10.2. The molecule has 0 aromatic rings. The molecule has 0 amide bonds. The van der Waals surface area contributed by atoms with Gasteiger partial charge in [-0.05, 0) is 12.8 Å². The lowest BCUT2D eigenvalue weighted by Crippen LogP contribution is -2.31. The van der Waals surface area contributed by atoms with Gasteiger partial charge in [0.15, 0.2) is 0 Å². The zero-order chi connectivity index (χ0) is 11.5. The number of carboxylic acid groups (broad SMARTS) is 1. The SMILES string of the molecule is O=C(O)CCCS(=O)(=O)N1CC[C@@H](O)C1. The molecule has 0 aromatic heterocycles. The van der Waals surface area contributed by atoms with Crippen LogP contribution in [0.3, 0.4) is 0 Å². The van der Waals surface area contributed by atoms with Crippen LogP contribution >= 0.6 is 0 Å². The van der Waals surface area contributed by atoms with Crippen molar-refractivity contribution in [2.45, 2.75) is 25.4 Å². The molecule has 15 heavy (non-hydrogen) atoms. The molecule has 1 heterocycles. The van der Waals surface area contributed by atoms with Crippen molar-refractivity contribution in [3.8, 4) is 0 Å². The van der Waals surface area contributed by atoms with Gasteiger partial charge in [0, 0.05) is 19.5 Å². The van der Waals surface area contributed by atoms with Gasteiger partial charge in [0.2, 0.25) is 10.0 Å². The highest BCUT2D eigenvalue weighted by molar-refractivity contribution is 7.89. The Morgan fingerprint density at radius 1 is 1.47 bits per heavy atom. The molecule has 7 heteroatoms. The summed E-state index contributed by atoms with van der Waals surface area (Å²) in [6, 6.07) is 0. The molecule has 2 N–H and O–H groups in total. The van der Waals surface area contributed by atoms with Gasteiger partial charge < -0.3 is 10.2 Å². The highest BCUT2D eigenvalue weighted by Crippen LogP contribution is 2.14. The monoisotopic (exact) mass is 237 g/mol. The van der Waals surface area contributed by atoms with E-state index in [0.717, 1.165) is 0 Å². The van der Waals surface area contributed by atoms with Crippen molar-refractivity contribution >= 4 is 16.0 Å². The van der Waals surface area contributed by atoms with Crippen molar-refractivity contribution in [3.63, 3.8) is 0 Å². The van der Waals surface area contributed by atoms with E-state index in [1.165, 1.54) is 4.31 Å². The van der Waals surface area contributed by atoms with Crippen LogP contribution in [0.25, 0.3) is 0 Å². The molecular formula is C8H15NO5S. The first-order chi connectivity index (χ1) is 6.92. The Hall–Kier alpha value is -0.660. The molecule has 1 fully saturated rings. The largest absolute Gasteiger partial charge is 0.481 e. The molecule has 1 aliphatic heterocycles. The molecule has 0 radical (unpaired) electrons. The standard InChI is InChI=1S/C8H15NO5S/c10-7-3-4-9(6-7)15(13,14)5-1-2-8(11)12/h7,10H,1-6H2,(H,11,12)/t7-/m1/s1. The highest BCUT2D eigenvalue weighted by atomic mass is 32.2. The zero-order valence-electron chi connectivity index (χ0n) is 8.29. The van der Waals surface area contributed by atoms with Gasteiger partial charge in [-0.2, -0.15) is 4.31 Å². The van der Waals surface area contributed by atoms with E-state index in [2.05, 4.69) is 0 Å². The van der Waals surface area contributed by atoms with Crippen LogP contribution in [0.1, 0.15) is 19.3 Å². The second-order valence-corrected chi connectivity index (χ2v) is 5.70. The Balaban J connectivity index is 2.42. The molecule has 0 spiro atoms. The van der Waals surface area contributed by atoms with Gasteiger partial charge in [0.05, 0.1) is 11.9 Å². The topological polar surface area (TPSA) is 94.9 Å². The van der Waals surface area contributed by atoms with E-state index in [0.29, 0.717) is 13.0 Å². The number of nitrogens with zero attached hydrogens (tertiary/aromatic N) is 1. The lowest BCUT2D eigenvalue weighted by molar-refractivity contribution is -0.137. The predicted octanol–water partition coefficient (Wildman–Crippen LogP) is -0.752. The van der Waals surface area contributed by atoms with Crippen LogP contribution in [0, 0.1) is 0 Å². The first-order valence-electron chi connectivity index (χ1n) is 4.79. The van der Waals surface area contributed by atoms with Gasteiger partial charge in [-0.15, -0.1) is 0 Å². The summed E-state index contributed by atoms with van der Waals surface area (Å²) in [7, 11) is -3.38. The number of β-amino-alcohol motifs (C(OH)–C–C–N with tert-alkyl or cyclic N) is 1. The molecule has 1 saturated heterocycles. The van der Waals surface area contributed by atoms with E-state index in [1.54, 1.807) is 0 Å². The van der Waals surface area contributed by atoms with Crippen molar-refractivity contribution in [1.29, 1.82) is 0 Å². The number of aliphatic hydroxyl groups excluding tert-OH is 1. The average molecular weight is 237 g/mol. The van der Waals surface area contributed by atoms with E-state index < -0.39 is 22.1 Å². The minimum absolute atomic E-state index is 0.115. The van der Waals surface area contributed by atoms with Crippen molar-refractivity contribution < 1.29 is 23.4 Å². The number of carbonyl (C=O) groups is 1. The van der Waals surface area contributed by atoms with Crippen LogP contribution in [0.15, 0.2) is 0 Å². The number of hydrogen-bond donors (Lipinski definition) is 2. The van der Waals surface area contributed by atoms with Crippen LogP contribution in [0.5, 0.6) is 0 Å². The first-order valence-corrected chi connectivity index (χ1v) is 6.40. The maximum atomic E-state index is 11.6. The Morgan fingerprint density at radius 3 is 2.60 bits per heavy atom. The smallest absolute Gasteiger partial charge is 0.303 e. The molecule has 1 rings (SSSR count). The lowest BCUT2D eigenvalue weighted by atomic mass is 10.3. The van der Waals surface area contributed by atoms with Gasteiger partial charge >= 0.3 is 5.97 Å². The number of sulfonamides is 1. The maximum Gasteiger partial charge on any atom is 0.303 e. The minimum Gasteiger partial charge on any atom is -0.481 e.